The number of ether oxygens (including phenoxy) is 1. The van der Waals surface area contributed by atoms with E-state index >= 15 is 0 Å². The third-order valence-electron chi connectivity index (χ3n) is 5.05. The number of sulfonamides is 1. The minimum absolute atomic E-state index is 0.181. The highest BCUT2D eigenvalue weighted by Crippen LogP contribution is 2.26. The second-order valence-electron chi connectivity index (χ2n) is 7.81. The van der Waals surface area contributed by atoms with E-state index < -0.39 is 10.0 Å². The number of nitrogens with zero attached hydrogens (tertiary/aromatic N) is 1. The molecule has 0 heterocycles. The van der Waals surface area contributed by atoms with E-state index in [0.29, 0.717) is 35.2 Å². The van der Waals surface area contributed by atoms with E-state index in [1.165, 1.54) is 10.6 Å². The number of aryl methyl sites for hydroxylation is 2. The van der Waals surface area contributed by atoms with Gasteiger partial charge in [-0.15, -0.1) is 0 Å². The van der Waals surface area contributed by atoms with E-state index in [1.807, 2.05) is 32.0 Å². The molecule has 0 aliphatic rings. The first-order valence-corrected chi connectivity index (χ1v) is 12.7. The van der Waals surface area contributed by atoms with Gasteiger partial charge in [0.1, 0.15) is 12.4 Å². The van der Waals surface area contributed by atoms with Crippen molar-refractivity contribution in [2.45, 2.75) is 20.4 Å². The quantitative estimate of drug-likeness (QED) is 0.443. The summed E-state index contributed by atoms with van der Waals surface area (Å²) in [5, 5.41) is 3.44. The molecule has 0 radical (unpaired) electrons. The van der Waals surface area contributed by atoms with Gasteiger partial charge in [0.25, 0.3) is 5.91 Å². The molecule has 0 unspecified atom stereocenters. The van der Waals surface area contributed by atoms with E-state index in [-0.39, 0.29) is 12.5 Å². The van der Waals surface area contributed by atoms with Crippen LogP contribution in [-0.4, -0.2) is 33.7 Å². The smallest absolute Gasteiger partial charge is 0.251 e. The van der Waals surface area contributed by atoms with Crippen molar-refractivity contribution in [1.82, 2.24) is 5.32 Å². The third-order valence-corrected chi connectivity index (χ3v) is 6.42. The van der Waals surface area contributed by atoms with Crippen LogP contribution in [0.25, 0.3) is 0 Å². The molecule has 0 aliphatic carbocycles. The Morgan fingerprint density at radius 2 is 1.67 bits per heavy atom. The fourth-order valence-electron chi connectivity index (χ4n) is 3.26. The largest absolute Gasteiger partial charge is 0.492 e. The second-order valence-corrected chi connectivity index (χ2v) is 10.2. The summed E-state index contributed by atoms with van der Waals surface area (Å²) in [6.45, 7) is 4.66. The molecule has 0 aliphatic heterocycles. The molecular weight excluding hydrogens is 460 g/mol. The van der Waals surface area contributed by atoms with Gasteiger partial charge in [0.2, 0.25) is 10.0 Å². The Morgan fingerprint density at radius 1 is 1.00 bits per heavy atom. The van der Waals surface area contributed by atoms with Crippen molar-refractivity contribution < 1.29 is 17.9 Å². The summed E-state index contributed by atoms with van der Waals surface area (Å²) in [6, 6.07) is 19.6. The van der Waals surface area contributed by atoms with E-state index in [9.17, 15) is 13.2 Å². The topological polar surface area (TPSA) is 75.7 Å². The zero-order chi connectivity index (χ0) is 24.0. The molecule has 3 aromatic carbocycles. The van der Waals surface area contributed by atoms with Gasteiger partial charge in [0.05, 0.1) is 25.0 Å². The number of carbonyl (C=O) groups is 1. The fraction of sp³-hybridized carbons (Fsp3) is 0.240. The van der Waals surface area contributed by atoms with Crippen LogP contribution in [0.4, 0.5) is 5.69 Å². The first kappa shape index (κ1) is 24.6. The maximum Gasteiger partial charge on any atom is 0.251 e. The van der Waals surface area contributed by atoms with Gasteiger partial charge in [-0.1, -0.05) is 35.9 Å². The molecule has 3 aromatic rings. The van der Waals surface area contributed by atoms with Gasteiger partial charge in [0.15, 0.2) is 0 Å². The Kier molecular flexibility index (Phi) is 8.00. The lowest BCUT2D eigenvalue weighted by Crippen LogP contribution is -2.30. The highest BCUT2D eigenvalue weighted by molar-refractivity contribution is 7.92. The Morgan fingerprint density at radius 3 is 2.30 bits per heavy atom. The van der Waals surface area contributed by atoms with Crippen molar-refractivity contribution in [1.29, 1.82) is 0 Å². The SMILES string of the molecule is Cc1ccc(C)c(N(Cc2ccc(C(=O)NCCOc3ccc(Cl)cc3)cc2)S(C)(=O)=O)c1. The van der Waals surface area contributed by atoms with Crippen molar-refractivity contribution in [3.8, 4) is 5.75 Å². The number of hydrogen-bond acceptors (Lipinski definition) is 4. The lowest BCUT2D eigenvalue weighted by atomic mass is 10.1. The van der Waals surface area contributed by atoms with E-state index in [0.717, 1.165) is 16.7 Å². The predicted molar refractivity (Wildman–Crippen MR) is 133 cm³/mol. The number of halogens is 1. The van der Waals surface area contributed by atoms with Gasteiger partial charge >= 0.3 is 0 Å². The predicted octanol–water partition coefficient (Wildman–Crippen LogP) is 4.73. The Hall–Kier alpha value is -3.03. The summed E-state index contributed by atoms with van der Waals surface area (Å²) < 4.78 is 31.9. The lowest BCUT2D eigenvalue weighted by Gasteiger charge is -2.25. The summed E-state index contributed by atoms with van der Waals surface area (Å²) in [7, 11) is -3.49. The molecule has 1 amide bonds. The number of anilines is 1. The molecule has 0 fully saturated rings. The third kappa shape index (κ3) is 6.97. The minimum Gasteiger partial charge on any atom is -0.492 e. The van der Waals surface area contributed by atoms with Gasteiger partial charge in [-0.25, -0.2) is 8.42 Å². The van der Waals surface area contributed by atoms with Crippen LogP contribution in [0.2, 0.25) is 5.02 Å². The fourth-order valence-corrected chi connectivity index (χ4v) is 4.33. The molecule has 0 saturated carbocycles. The first-order valence-electron chi connectivity index (χ1n) is 10.4. The van der Waals surface area contributed by atoms with Gasteiger partial charge in [-0.3, -0.25) is 9.10 Å². The van der Waals surface area contributed by atoms with Crippen molar-refractivity contribution in [2.75, 3.05) is 23.7 Å². The van der Waals surface area contributed by atoms with Gasteiger partial charge in [-0.05, 0) is 73.0 Å². The standard InChI is InChI=1S/C25H27ClN2O4S/c1-18-4-5-19(2)24(16-18)28(33(3,30)31)17-20-6-8-21(9-7-20)25(29)27-14-15-32-23-12-10-22(26)11-13-23/h4-13,16H,14-15,17H2,1-3H3,(H,27,29). The average molecular weight is 487 g/mol. The van der Waals surface area contributed by atoms with Crippen molar-refractivity contribution in [3.05, 3.63) is 94.0 Å². The average Bonchev–Trinajstić information content (AvgIpc) is 2.77. The van der Waals surface area contributed by atoms with Crippen LogP contribution >= 0.6 is 11.6 Å². The Balaban J connectivity index is 1.60. The number of amides is 1. The molecule has 0 atom stereocenters. The van der Waals surface area contributed by atoms with Crippen molar-refractivity contribution in [2.24, 2.45) is 0 Å². The summed E-state index contributed by atoms with van der Waals surface area (Å²) in [4.78, 5) is 12.4. The van der Waals surface area contributed by atoms with Gasteiger partial charge in [-0.2, -0.15) is 0 Å². The van der Waals surface area contributed by atoms with Gasteiger partial charge in [0, 0.05) is 10.6 Å². The molecule has 33 heavy (non-hydrogen) atoms. The van der Waals surface area contributed by atoms with Crippen LogP contribution in [0, 0.1) is 13.8 Å². The maximum atomic E-state index is 12.5. The van der Waals surface area contributed by atoms with E-state index in [2.05, 4.69) is 5.32 Å². The van der Waals surface area contributed by atoms with Crippen molar-refractivity contribution in [3.63, 3.8) is 0 Å². The highest BCUT2D eigenvalue weighted by atomic mass is 35.5. The highest BCUT2D eigenvalue weighted by Gasteiger charge is 2.20. The van der Waals surface area contributed by atoms with Crippen LogP contribution in [0.1, 0.15) is 27.0 Å². The number of carbonyl (C=O) groups excluding carboxylic acids is 1. The van der Waals surface area contributed by atoms with Crippen LogP contribution in [0.5, 0.6) is 5.75 Å². The number of benzene rings is 3. The molecule has 0 aromatic heterocycles. The Labute approximate surface area is 200 Å². The summed E-state index contributed by atoms with van der Waals surface area (Å²) >= 11 is 5.84. The monoisotopic (exact) mass is 486 g/mol. The summed E-state index contributed by atoms with van der Waals surface area (Å²) in [6.07, 6.45) is 1.20. The van der Waals surface area contributed by atoms with Crippen LogP contribution < -0.4 is 14.4 Å². The molecule has 6 nitrogen and oxygen atoms in total. The lowest BCUT2D eigenvalue weighted by molar-refractivity contribution is 0.0947. The number of hydrogen-bond donors (Lipinski definition) is 1. The summed E-state index contributed by atoms with van der Waals surface area (Å²) in [5.74, 6) is 0.452. The van der Waals surface area contributed by atoms with Crippen LogP contribution in [0.15, 0.2) is 66.7 Å². The normalized spacial score (nSPS) is 11.2. The maximum absolute atomic E-state index is 12.5. The molecule has 174 valence electrons. The molecule has 8 heteroatoms. The zero-order valence-electron chi connectivity index (χ0n) is 18.8. The van der Waals surface area contributed by atoms with Crippen LogP contribution in [-0.2, 0) is 16.6 Å². The molecule has 0 saturated heterocycles. The molecule has 3 rings (SSSR count). The minimum atomic E-state index is -3.49. The van der Waals surface area contributed by atoms with Crippen molar-refractivity contribution >= 4 is 33.2 Å². The first-order chi connectivity index (χ1) is 15.6. The second kappa shape index (κ2) is 10.7. The van der Waals surface area contributed by atoms with E-state index in [1.54, 1.807) is 48.5 Å². The molecule has 0 spiro atoms. The molecule has 0 bridgehead atoms. The van der Waals surface area contributed by atoms with Crippen LogP contribution in [0.3, 0.4) is 0 Å². The Bertz CT molecular complexity index is 1210. The summed E-state index contributed by atoms with van der Waals surface area (Å²) in [5.41, 5.74) is 3.78. The number of rotatable bonds is 9. The number of nitrogens with one attached hydrogen (secondary N) is 1. The zero-order valence-corrected chi connectivity index (χ0v) is 20.4. The van der Waals surface area contributed by atoms with Gasteiger partial charge < -0.3 is 10.1 Å². The molecule has 1 N–H and O–H groups in total. The van der Waals surface area contributed by atoms with E-state index in [4.69, 9.17) is 16.3 Å². The molecular formula is C25H27ClN2O4S.